The van der Waals surface area contributed by atoms with E-state index >= 15 is 0 Å². The minimum Gasteiger partial charge on any atom is -0.490 e. The molecule has 0 atom stereocenters. The molecule has 0 saturated carbocycles. The van der Waals surface area contributed by atoms with Crippen LogP contribution in [0.5, 0.6) is 5.75 Å². The normalized spacial score (nSPS) is 14.1. The first kappa shape index (κ1) is 22.2. The number of piperidine rings is 1. The van der Waals surface area contributed by atoms with Gasteiger partial charge in [-0.3, -0.25) is 4.98 Å². The number of fused-ring (bicyclic) bond motifs is 1. The molecule has 33 heavy (non-hydrogen) atoms. The van der Waals surface area contributed by atoms with Crippen molar-refractivity contribution in [2.75, 3.05) is 37.4 Å². The van der Waals surface area contributed by atoms with Crippen molar-refractivity contribution in [2.45, 2.75) is 25.9 Å². The number of hydrogen-bond donors (Lipinski definition) is 2. The summed E-state index contributed by atoms with van der Waals surface area (Å²) in [6.07, 6.45) is 2.06. The molecule has 0 unspecified atom stereocenters. The Labute approximate surface area is 193 Å². The van der Waals surface area contributed by atoms with Gasteiger partial charge < -0.3 is 25.0 Å². The Morgan fingerprint density at radius 3 is 2.64 bits per heavy atom. The number of anilines is 3. The summed E-state index contributed by atoms with van der Waals surface area (Å²) < 4.78 is 6.16. The van der Waals surface area contributed by atoms with E-state index in [4.69, 9.17) is 9.84 Å². The van der Waals surface area contributed by atoms with E-state index in [-0.39, 0.29) is 6.10 Å². The van der Waals surface area contributed by atoms with Crippen molar-refractivity contribution >= 4 is 34.1 Å². The quantitative estimate of drug-likeness (QED) is 0.584. The van der Waals surface area contributed by atoms with Crippen LogP contribution in [-0.4, -0.2) is 54.4 Å². The number of aryl methyl sites for hydroxylation is 1. The molecule has 2 heterocycles. The predicted octanol–water partition coefficient (Wildman–Crippen LogP) is 4.75. The van der Waals surface area contributed by atoms with Gasteiger partial charge >= 0.3 is 6.09 Å². The largest absolute Gasteiger partial charge is 0.490 e. The van der Waals surface area contributed by atoms with E-state index in [0.29, 0.717) is 31.5 Å². The highest BCUT2D eigenvalue weighted by atomic mass is 16.5. The zero-order valence-corrected chi connectivity index (χ0v) is 19.0. The van der Waals surface area contributed by atoms with Crippen LogP contribution in [0.3, 0.4) is 0 Å². The fraction of sp³-hybridized carbons (Fsp3) is 0.320. The summed E-state index contributed by atoms with van der Waals surface area (Å²) in [6, 6.07) is 14.1. The van der Waals surface area contributed by atoms with Gasteiger partial charge in [-0.2, -0.15) is 5.26 Å². The van der Waals surface area contributed by atoms with Crippen molar-refractivity contribution in [1.82, 2.24) is 9.88 Å². The number of nitriles is 1. The van der Waals surface area contributed by atoms with Gasteiger partial charge in [0.25, 0.3) is 0 Å². The summed E-state index contributed by atoms with van der Waals surface area (Å²) in [5.74, 6) is 0.782. The third-order valence-corrected chi connectivity index (χ3v) is 5.94. The first-order valence-corrected chi connectivity index (χ1v) is 10.9. The Hall–Kier alpha value is -3.99. The van der Waals surface area contributed by atoms with Crippen molar-refractivity contribution in [3.8, 4) is 11.8 Å². The average Bonchev–Trinajstić information content (AvgIpc) is 2.81. The Kier molecular flexibility index (Phi) is 6.22. The molecular weight excluding hydrogens is 418 g/mol. The molecule has 1 aliphatic heterocycles. The van der Waals surface area contributed by atoms with Gasteiger partial charge in [0.2, 0.25) is 0 Å². The highest BCUT2D eigenvalue weighted by molar-refractivity contribution is 5.97. The van der Waals surface area contributed by atoms with E-state index in [1.807, 2.05) is 62.3 Å². The second-order valence-electron chi connectivity index (χ2n) is 8.45. The number of amides is 1. The van der Waals surface area contributed by atoms with Gasteiger partial charge in [-0.1, -0.05) is 0 Å². The van der Waals surface area contributed by atoms with E-state index in [0.717, 1.165) is 39.3 Å². The topological polar surface area (TPSA) is 102 Å². The molecular formula is C25H27N5O3. The number of pyridine rings is 1. The fourth-order valence-corrected chi connectivity index (χ4v) is 4.03. The lowest BCUT2D eigenvalue weighted by molar-refractivity contribution is 0.0891. The number of nitrogens with one attached hydrogen (secondary N) is 1. The van der Waals surface area contributed by atoms with Crippen molar-refractivity contribution in [3.63, 3.8) is 0 Å². The second-order valence-corrected chi connectivity index (χ2v) is 8.45. The Bertz CT molecular complexity index is 1230. The molecule has 2 N–H and O–H groups in total. The number of hydrogen-bond acceptors (Lipinski definition) is 6. The molecule has 8 heteroatoms. The summed E-state index contributed by atoms with van der Waals surface area (Å²) in [4.78, 5) is 19.0. The smallest absolute Gasteiger partial charge is 0.407 e. The van der Waals surface area contributed by atoms with Crippen LogP contribution >= 0.6 is 0 Å². The fourth-order valence-electron chi connectivity index (χ4n) is 4.03. The van der Waals surface area contributed by atoms with Gasteiger partial charge in [0.05, 0.1) is 16.8 Å². The number of aromatic nitrogens is 1. The lowest BCUT2D eigenvalue weighted by Crippen LogP contribution is -2.41. The molecule has 0 aliphatic carbocycles. The van der Waals surface area contributed by atoms with Crippen LogP contribution in [-0.2, 0) is 0 Å². The van der Waals surface area contributed by atoms with Gasteiger partial charge in [-0.25, -0.2) is 4.79 Å². The lowest BCUT2D eigenvalue weighted by atomic mass is 10.1. The lowest BCUT2D eigenvalue weighted by Gasteiger charge is -2.30. The first-order valence-electron chi connectivity index (χ1n) is 10.9. The van der Waals surface area contributed by atoms with Crippen molar-refractivity contribution in [2.24, 2.45) is 0 Å². The number of benzene rings is 2. The molecule has 4 rings (SSSR count). The van der Waals surface area contributed by atoms with Crippen LogP contribution in [0.1, 0.15) is 24.0 Å². The molecule has 0 spiro atoms. The van der Waals surface area contributed by atoms with Crippen LogP contribution in [0.2, 0.25) is 0 Å². The molecule has 0 bridgehead atoms. The third kappa shape index (κ3) is 4.77. The Morgan fingerprint density at radius 2 is 2.00 bits per heavy atom. The Morgan fingerprint density at radius 1 is 1.24 bits per heavy atom. The number of carbonyl (C=O) groups is 1. The van der Waals surface area contributed by atoms with Gasteiger partial charge in [-0.15, -0.1) is 0 Å². The van der Waals surface area contributed by atoms with E-state index in [1.165, 1.54) is 4.90 Å². The second kappa shape index (κ2) is 9.25. The molecule has 1 aromatic heterocycles. The standard InChI is InChI=1S/C25H27N5O3/c1-16-12-18(4-7-23(16)33-20-8-10-30(11-9-20)25(31)32)28-24-17(14-26)15-27-22-6-5-19(29(2)3)13-21(22)24/h4-7,12-13,15,20H,8-11H2,1-3H3,(H,27,28)(H,31,32). The number of nitrogens with zero attached hydrogens (tertiary/aromatic N) is 4. The van der Waals surface area contributed by atoms with Crippen LogP contribution in [0.25, 0.3) is 10.9 Å². The number of carboxylic acid groups (broad SMARTS) is 1. The highest BCUT2D eigenvalue weighted by Crippen LogP contribution is 2.33. The van der Waals surface area contributed by atoms with E-state index in [9.17, 15) is 10.1 Å². The SMILES string of the molecule is Cc1cc(Nc2c(C#N)cnc3ccc(N(C)C)cc23)ccc1OC1CCN(C(=O)O)CC1. The predicted molar refractivity (Wildman–Crippen MR) is 128 cm³/mol. The summed E-state index contributed by atoms with van der Waals surface area (Å²) in [6.45, 7) is 2.95. The van der Waals surface area contributed by atoms with Gasteiger partial charge in [0.15, 0.2) is 0 Å². The molecule has 2 aromatic carbocycles. The minimum absolute atomic E-state index is 0.00287. The maximum absolute atomic E-state index is 11.1. The number of ether oxygens (including phenoxy) is 1. The molecule has 1 fully saturated rings. The maximum Gasteiger partial charge on any atom is 0.407 e. The summed E-state index contributed by atoms with van der Waals surface area (Å²) in [7, 11) is 3.95. The highest BCUT2D eigenvalue weighted by Gasteiger charge is 2.23. The van der Waals surface area contributed by atoms with Crippen LogP contribution < -0.4 is 15.0 Å². The molecule has 1 amide bonds. The van der Waals surface area contributed by atoms with Crippen molar-refractivity contribution in [3.05, 3.63) is 53.7 Å². The molecule has 1 aliphatic rings. The van der Waals surface area contributed by atoms with Crippen LogP contribution in [0, 0.1) is 18.3 Å². The van der Waals surface area contributed by atoms with Gasteiger partial charge in [0.1, 0.15) is 17.9 Å². The number of likely N-dealkylation sites (tertiary alicyclic amines) is 1. The van der Waals surface area contributed by atoms with Crippen molar-refractivity contribution < 1.29 is 14.6 Å². The Balaban J connectivity index is 1.56. The average molecular weight is 446 g/mol. The molecule has 1 saturated heterocycles. The van der Waals surface area contributed by atoms with E-state index < -0.39 is 6.09 Å². The zero-order chi connectivity index (χ0) is 23.5. The minimum atomic E-state index is -0.877. The third-order valence-electron chi connectivity index (χ3n) is 5.94. The molecule has 0 radical (unpaired) electrons. The molecule has 170 valence electrons. The zero-order valence-electron chi connectivity index (χ0n) is 19.0. The van der Waals surface area contributed by atoms with Crippen molar-refractivity contribution in [1.29, 1.82) is 5.26 Å². The summed E-state index contributed by atoms with van der Waals surface area (Å²) in [5.41, 5.74) is 4.84. The summed E-state index contributed by atoms with van der Waals surface area (Å²) in [5, 5.41) is 23.1. The van der Waals surface area contributed by atoms with Crippen LogP contribution in [0.15, 0.2) is 42.6 Å². The van der Waals surface area contributed by atoms with Crippen LogP contribution in [0.4, 0.5) is 21.9 Å². The molecule has 8 nitrogen and oxygen atoms in total. The van der Waals surface area contributed by atoms with E-state index in [1.54, 1.807) is 6.20 Å². The first-order chi connectivity index (χ1) is 15.9. The van der Waals surface area contributed by atoms with Gasteiger partial charge in [-0.05, 0) is 48.9 Å². The summed E-state index contributed by atoms with van der Waals surface area (Å²) >= 11 is 0. The maximum atomic E-state index is 11.1. The monoisotopic (exact) mass is 445 g/mol. The number of rotatable bonds is 5. The van der Waals surface area contributed by atoms with E-state index in [2.05, 4.69) is 16.4 Å². The molecule has 3 aromatic rings. The van der Waals surface area contributed by atoms with Gasteiger partial charge in [0, 0.05) is 63.0 Å².